The van der Waals surface area contributed by atoms with Crippen LogP contribution >= 0.6 is 27.3 Å². The van der Waals surface area contributed by atoms with Crippen molar-refractivity contribution in [2.75, 3.05) is 5.73 Å². The van der Waals surface area contributed by atoms with Crippen LogP contribution < -0.4 is 5.73 Å². The van der Waals surface area contributed by atoms with E-state index in [9.17, 15) is 0 Å². The van der Waals surface area contributed by atoms with E-state index in [-0.39, 0.29) is 0 Å². The Morgan fingerprint density at radius 1 is 1.62 bits per heavy atom. The van der Waals surface area contributed by atoms with Gasteiger partial charge in [0.15, 0.2) is 5.13 Å². The zero-order valence-corrected chi connectivity index (χ0v) is 9.06. The molecule has 0 atom stereocenters. The summed E-state index contributed by atoms with van der Waals surface area (Å²) in [5.41, 5.74) is 5.56. The molecular weight excluding hydrogens is 252 g/mol. The second-order valence-corrected chi connectivity index (χ2v) is 4.39. The molecule has 2 N–H and O–H groups in total. The molecule has 0 aliphatic rings. The van der Waals surface area contributed by atoms with Crippen LogP contribution in [0.1, 0.15) is 10.6 Å². The first-order valence-corrected chi connectivity index (χ1v) is 5.29. The van der Waals surface area contributed by atoms with E-state index in [1.54, 1.807) is 6.26 Å². The van der Waals surface area contributed by atoms with Gasteiger partial charge in [0.05, 0.1) is 6.26 Å². The number of nitrogen functional groups attached to an aromatic ring is 1. The molecule has 3 nitrogen and oxygen atoms in total. The minimum atomic E-state index is 0.577. The van der Waals surface area contributed by atoms with Gasteiger partial charge in [-0.2, -0.15) is 0 Å². The fourth-order valence-electron chi connectivity index (χ4n) is 1.03. The lowest BCUT2D eigenvalue weighted by molar-refractivity contribution is 0.521. The summed E-state index contributed by atoms with van der Waals surface area (Å²) in [6.07, 6.45) is 2.40. The molecule has 0 aliphatic heterocycles. The summed E-state index contributed by atoms with van der Waals surface area (Å²) in [6, 6.07) is 3.80. The number of thiazole rings is 1. The number of halogens is 1. The van der Waals surface area contributed by atoms with Gasteiger partial charge < -0.3 is 10.2 Å². The van der Waals surface area contributed by atoms with Crippen LogP contribution in [0.2, 0.25) is 0 Å². The standard InChI is InChI=1S/C8H7BrN2OS/c9-7-6(13-8(10)11-7)4-5-2-1-3-12-5/h1-3H,4H2,(H2,10,11). The van der Waals surface area contributed by atoms with Gasteiger partial charge in [-0.15, -0.1) is 11.3 Å². The number of hydrogen-bond acceptors (Lipinski definition) is 4. The van der Waals surface area contributed by atoms with Crippen molar-refractivity contribution in [3.63, 3.8) is 0 Å². The molecule has 13 heavy (non-hydrogen) atoms. The molecule has 0 aliphatic carbocycles. The van der Waals surface area contributed by atoms with E-state index in [1.807, 2.05) is 12.1 Å². The van der Waals surface area contributed by atoms with Crippen LogP contribution in [0.15, 0.2) is 27.4 Å². The van der Waals surface area contributed by atoms with Crippen molar-refractivity contribution in [3.8, 4) is 0 Å². The molecule has 0 saturated carbocycles. The molecule has 2 aromatic heterocycles. The van der Waals surface area contributed by atoms with Gasteiger partial charge in [-0.25, -0.2) is 4.98 Å². The largest absolute Gasteiger partial charge is 0.469 e. The number of aromatic nitrogens is 1. The highest BCUT2D eigenvalue weighted by atomic mass is 79.9. The SMILES string of the molecule is Nc1nc(Br)c(Cc2ccco2)s1. The highest BCUT2D eigenvalue weighted by molar-refractivity contribution is 9.10. The maximum Gasteiger partial charge on any atom is 0.181 e. The van der Waals surface area contributed by atoms with Crippen LogP contribution in [0.3, 0.4) is 0 Å². The summed E-state index contributed by atoms with van der Waals surface area (Å²) in [7, 11) is 0. The number of furan rings is 1. The first kappa shape index (κ1) is 8.77. The van der Waals surface area contributed by atoms with Gasteiger partial charge >= 0.3 is 0 Å². The Bertz CT molecular complexity index is 396. The van der Waals surface area contributed by atoms with Crippen LogP contribution in [0.25, 0.3) is 0 Å². The smallest absolute Gasteiger partial charge is 0.181 e. The number of nitrogens with two attached hydrogens (primary N) is 1. The lowest BCUT2D eigenvalue weighted by Gasteiger charge is -1.91. The second-order valence-electron chi connectivity index (χ2n) is 2.52. The Kier molecular flexibility index (Phi) is 2.37. The van der Waals surface area contributed by atoms with E-state index < -0.39 is 0 Å². The minimum absolute atomic E-state index is 0.577. The van der Waals surface area contributed by atoms with E-state index in [2.05, 4.69) is 20.9 Å². The Morgan fingerprint density at radius 2 is 2.46 bits per heavy atom. The van der Waals surface area contributed by atoms with Crippen molar-refractivity contribution >= 4 is 32.4 Å². The summed E-state index contributed by atoms with van der Waals surface area (Å²) in [5.74, 6) is 0.921. The van der Waals surface area contributed by atoms with Gasteiger partial charge in [-0.3, -0.25) is 0 Å². The van der Waals surface area contributed by atoms with Crippen molar-refractivity contribution in [3.05, 3.63) is 33.6 Å². The van der Waals surface area contributed by atoms with E-state index in [0.717, 1.165) is 21.7 Å². The summed E-state index contributed by atoms with van der Waals surface area (Å²) in [4.78, 5) is 5.15. The van der Waals surface area contributed by atoms with Crippen LogP contribution in [-0.4, -0.2) is 4.98 Å². The number of nitrogens with zero attached hydrogens (tertiary/aromatic N) is 1. The zero-order chi connectivity index (χ0) is 9.26. The highest BCUT2D eigenvalue weighted by Crippen LogP contribution is 2.27. The van der Waals surface area contributed by atoms with E-state index in [4.69, 9.17) is 10.2 Å². The van der Waals surface area contributed by atoms with Crippen molar-refractivity contribution in [2.24, 2.45) is 0 Å². The average molecular weight is 259 g/mol. The summed E-state index contributed by atoms with van der Waals surface area (Å²) >= 11 is 4.81. The van der Waals surface area contributed by atoms with Gasteiger partial charge in [0.2, 0.25) is 0 Å². The summed E-state index contributed by atoms with van der Waals surface area (Å²) in [5, 5.41) is 0.577. The van der Waals surface area contributed by atoms with Gasteiger partial charge in [0.1, 0.15) is 10.4 Å². The number of hydrogen-bond donors (Lipinski definition) is 1. The van der Waals surface area contributed by atoms with Crippen molar-refractivity contribution in [2.45, 2.75) is 6.42 Å². The monoisotopic (exact) mass is 258 g/mol. The second kappa shape index (κ2) is 3.51. The molecule has 0 spiro atoms. The zero-order valence-electron chi connectivity index (χ0n) is 6.66. The van der Waals surface area contributed by atoms with Gasteiger partial charge in [-0.1, -0.05) is 0 Å². The predicted octanol–water partition coefficient (Wildman–Crippen LogP) is 2.67. The van der Waals surface area contributed by atoms with Gasteiger partial charge in [-0.05, 0) is 28.1 Å². The maximum absolute atomic E-state index is 5.56. The van der Waals surface area contributed by atoms with Gasteiger partial charge in [0, 0.05) is 11.3 Å². The molecule has 0 amide bonds. The number of anilines is 1. The Labute approximate surface area is 87.7 Å². The third-order valence-corrected chi connectivity index (χ3v) is 3.38. The van der Waals surface area contributed by atoms with Crippen molar-refractivity contribution < 1.29 is 4.42 Å². The summed E-state index contributed by atoms with van der Waals surface area (Å²) in [6.45, 7) is 0. The normalized spacial score (nSPS) is 10.5. The molecule has 0 bridgehead atoms. The fraction of sp³-hybridized carbons (Fsp3) is 0.125. The van der Waals surface area contributed by atoms with E-state index >= 15 is 0 Å². The van der Waals surface area contributed by atoms with Gasteiger partial charge in [0.25, 0.3) is 0 Å². The average Bonchev–Trinajstić information content (AvgIpc) is 2.63. The molecule has 0 saturated heterocycles. The Morgan fingerprint density at radius 3 is 3.00 bits per heavy atom. The number of rotatable bonds is 2. The maximum atomic E-state index is 5.56. The molecule has 68 valence electrons. The molecule has 0 aromatic carbocycles. The van der Waals surface area contributed by atoms with E-state index in [1.165, 1.54) is 11.3 Å². The molecule has 2 heterocycles. The third-order valence-electron chi connectivity index (χ3n) is 1.58. The van der Waals surface area contributed by atoms with Crippen LogP contribution in [0.4, 0.5) is 5.13 Å². The molecule has 2 rings (SSSR count). The Hall–Kier alpha value is -0.810. The summed E-state index contributed by atoms with van der Waals surface area (Å²) < 4.78 is 6.03. The van der Waals surface area contributed by atoms with Crippen LogP contribution in [0.5, 0.6) is 0 Å². The molecule has 0 radical (unpaired) electrons. The van der Waals surface area contributed by atoms with Crippen molar-refractivity contribution in [1.82, 2.24) is 4.98 Å². The lowest BCUT2D eigenvalue weighted by atomic mass is 10.3. The van der Waals surface area contributed by atoms with E-state index in [0.29, 0.717) is 5.13 Å². The predicted molar refractivity (Wildman–Crippen MR) is 55.7 cm³/mol. The molecule has 5 heteroatoms. The molecule has 2 aromatic rings. The van der Waals surface area contributed by atoms with Crippen LogP contribution in [-0.2, 0) is 6.42 Å². The molecule has 0 unspecified atom stereocenters. The lowest BCUT2D eigenvalue weighted by Crippen LogP contribution is -1.81. The fourth-order valence-corrected chi connectivity index (χ4v) is 2.46. The first-order chi connectivity index (χ1) is 6.25. The van der Waals surface area contributed by atoms with Crippen molar-refractivity contribution in [1.29, 1.82) is 0 Å². The molecular formula is C8H7BrN2OS. The highest BCUT2D eigenvalue weighted by Gasteiger charge is 2.08. The van der Waals surface area contributed by atoms with Crippen LogP contribution in [0, 0.1) is 0 Å². The third kappa shape index (κ3) is 1.92. The first-order valence-electron chi connectivity index (χ1n) is 3.69. The topological polar surface area (TPSA) is 52.0 Å². The molecule has 0 fully saturated rings. The minimum Gasteiger partial charge on any atom is -0.469 e. The Balaban J connectivity index is 2.23. The quantitative estimate of drug-likeness (QED) is 0.902.